The monoisotopic (exact) mass is 416 g/mol. The molecule has 0 spiro atoms. The Morgan fingerprint density at radius 1 is 0.414 bits per heavy atom. The standard InChI is InChI=1S/C25H40F4/c1-15-7-9-17(10-8-15)19-12-14-21(25(29)23(19)27)20-13-11-18(22(26)24(20)28)16-5-3-2-4-6-16/h15-25H,2-14H2,1H3/t15?,17?,18-,19?,20?,21?,22?,23?,24?,25?/m0/s1. The van der Waals surface area contributed by atoms with E-state index in [-0.39, 0.29) is 23.7 Å². The van der Waals surface area contributed by atoms with Crippen LogP contribution in [0.25, 0.3) is 0 Å². The van der Waals surface area contributed by atoms with Crippen molar-refractivity contribution in [3.05, 3.63) is 0 Å². The fourth-order valence-electron chi connectivity index (χ4n) is 7.52. The predicted molar refractivity (Wildman–Crippen MR) is 110 cm³/mol. The van der Waals surface area contributed by atoms with E-state index in [1.165, 1.54) is 6.42 Å². The fraction of sp³-hybridized carbons (Fsp3) is 1.00. The first-order valence-electron chi connectivity index (χ1n) is 12.5. The van der Waals surface area contributed by atoms with Crippen LogP contribution in [-0.4, -0.2) is 24.7 Å². The average molecular weight is 417 g/mol. The van der Waals surface area contributed by atoms with Gasteiger partial charge in [-0.25, -0.2) is 17.6 Å². The van der Waals surface area contributed by atoms with Gasteiger partial charge >= 0.3 is 0 Å². The maximum Gasteiger partial charge on any atom is 0.135 e. The van der Waals surface area contributed by atoms with Gasteiger partial charge in [-0.1, -0.05) is 51.9 Å². The van der Waals surface area contributed by atoms with Gasteiger partial charge < -0.3 is 0 Å². The minimum atomic E-state index is -1.62. The van der Waals surface area contributed by atoms with Crippen LogP contribution in [0.2, 0.25) is 0 Å². The van der Waals surface area contributed by atoms with Crippen molar-refractivity contribution in [3.63, 3.8) is 0 Å². The molecular formula is C25H40F4. The minimum Gasteiger partial charge on any atom is -0.244 e. The van der Waals surface area contributed by atoms with Crippen molar-refractivity contribution < 1.29 is 17.6 Å². The van der Waals surface area contributed by atoms with Crippen molar-refractivity contribution in [3.8, 4) is 0 Å². The van der Waals surface area contributed by atoms with Gasteiger partial charge in [0.15, 0.2) is 0 Å². The summed E-state index contributed by atoms with van der Waals surface area (Å²) in [6, 6.07) is 0. The molecule has 0 amide bonds. The van der Waals surface area contributed by atoms with Crippen molar-refractivity contribution in [1.82, 2.24) is 0 Å². The van der Waals surface area contributed by atoms with Gasteiger partial charge in [0.05, 0.1) is 0 Å². The van der Waals surface area contributed by atoms with Gasteiger partial charge in [-0.3, -0.25) is 0 Å². The van der Waals surface area contributed by atoms with Crippen molar-refractivity contribution >= 4 is 0 Å². The van der Waals surface area contributed by atoms with E-state index < -0.39 is 36.5 Å². The molecule has 168 valence electrons. The zero-order valence-electron chi connectivity index (χ0n) is 18.1. The molecule has 4 aliphatic carbocycles. The van der Waals surface area contributed by atoms with Crippen LogP contribution in [0.3, 0.4) is 0 Å². The number of alkyl halides is 4. The Balaban J connectivity index is 1.36. The molecule has 0 bridgehead atoms. The Morgan fingerprint density at radius 3 is 1.28 bits per heavy atom. The number of halogens is 4. The summed E-state index contributed by atoms with van der Waals surface area (Å²) in [4.78, 5) is 0. The second-order valence-corrected chi connectivity index (χ2v) is 11.0. The van der Waals surface area contributed by atoms with Gasteiger partial charge in [-0.2, -0.15) is 0 Å². The fourth-order valence-corrected chi connectivity index (χ4v) is 7.52. The number of hydrogen-bond acceptors (Lipinski definition) is 0. The molecule has 4 rings (SSSR count). The molecule has 0 saturated heterocycles. The van der Waals surface area contributed by atoms with Crippen LogP contribution in [0.15, 0.2) is 0 Å². The summed E-state index contributed by atoms with van der Waals surface area (Å²) in [6.45, 7) is 2.23. The molecule has 0 aliphatic heterocycles. The zero-order chi connectivity index (χ0) is 20.5. The number of hydrogen-bond donors (Lipinski definition) is 0. The van der Waals surface area contributed by atoms with Crippen LogP contribution in [0.1, 0.15) is 90.4 Å². The Labute approximate surface area is 174 Å². The van der Waals surface area contributed by atoms with Gasteiger partial charge in [0, 0.05) is 0 Å². The summed E-state index contributed by atoms with van der Waals surface area (Å²) >= 11 is 0. The molecule has 4 aliphatic rings. The highest BCUT2D eigenvalue weighted by atomic mass is 19.2. The average Bonchev–Trinajstić information content (AvgIpc) is 2.74. The van der Waals surface area contributed by atoms with E-state index in [2.05, 4.69) is 6.92 Å². The molecule has 0 aromatic carbocycles. The third-order valence-corrected chi connectivity index (χ3v) is 9.38. The third kappa shape index (κ3) is 4.52. The van der Waals surface area contributed by atoms with Crippen molar-refractivity contribution in [1.29, 1.82) is 0 Å². The Bertz CT molecular complexity index is 511. The van der Waals surface area contributed by atoms with E-state index in [0.29, 0.717) is 31.6 Å². The summed E-state index contributed by atoms with van der Waals surface area (Å²) in [6.07, 6.45) is 5.82. The van der Waals surface area contributed by atoms with Gasteiger partial charge in [-0.05, 0) is 80.0 Å². The van der Waals surface area contributed by atoms with Crippen LogP contribution >= 0.6 is 0 Å². The highest BCUT2D eigenvalue weighted by Crippen LogP contribution is 2.50. The summed E-state index contributed by atoms with van der Waals surface area (Å²) in [5.41, 5.74) is 0. The molecule has 8 atom stereocenters. The van der Waals surface area contributed by atoms with Gasteiger partial charge in [-0.15, -0.1) is 0 Å². The largest absolute Gasteiger partial charge is 0.244 e. The van der Waals surface area contributed by atoms with E-state index in [1.54, 1.807) is 0 Å². The van der Waals surface area contributed by atoms with Gasteiger partial charge in [0.1, 0.15) is 24.7 Å². The lowest BCUT2D eigenvalue weighted by Crippen LogP contribution is -2.50. The normalized spacial score (nSPS) is 50.4. The summed E-state index contributed by atoms with van der Waals surface area (Å²) < 4.78 is 60.6. The molecular weight excluding hydrogens is 376 g/mol. The van der Waals surface area contributed by atoms with Crippen LogP contribution in [0, 0.1) is 41.4 Å². The molecule has 0 aromatic heterocycles. The lowest BCUT2D eigenvalue weighted by molar-refractivity contribution is -0.0809. The van der Waals surface area contributed by atoms with E-state index in [9.17, 15) is 0 Å². The van der Waals surface area contributed by atoms with Crippen LogP contribution in [0.5, 0.6) is 0 Å². The lowest BCUT2D eigenvalue weighted by Gasteiger charge is -2.47. The van der Waals surface area contributed by atoms with E-state index in [1.807, 2.05) is 0 Å². The molecule has 0 nitrogen and oxygen atoms in total. The maximum atomic E-state index is 15.2. The summed E-state index contributed by atoms with van der Waals surface area (Å²) in [5.74, 6) is -0.437. The number of rotatable bonds is 3. The first kappa shape index (κ1) is 21.9. The van der Waals surface area contributed by atoms with Crippen LogP contribution in [-0.2, 0) is 0 Å². The first-order chi connectivity index (χ1) is 14.0. The van der Waals surface area contributed by atoms with Crippen molar-refractivity contribution in [2.75, 3.05) is 0 Å². The minimum absolute atomic E-state index is 0.207. The molecule has 0 aromatic rings. The summed E-state index contributed by atoms with van der Waals surface area (Å²) in [5, 5.41) is 0. The SMILES string of the molecule is CC1CCC(C2CCC(C3CC[C@@H](C4CCCCC4)C(F)C3F)C(F)C2F)CC1. The summed E-state index contributed by atoms with van der Waals surface area (Å²) in [7, 11) is 0. The van der Waals surface area contributed by atoms with Crippen LogP contribution < -0.4 is 0 Å². The molecule has 4 saturated carbocycles. The van der Waals surface area contributed by atoms with E-state index in [4.69, 9.17) is 0 Å². The van der Waals surface area contributed by atoms with Crippen molar-refractivity contribution in [2.45, 2.75) is 115 Å². The van der Waals surface area contributed by atoms with E-state index >= 15 is 17.6 Å². The van der Waals surface area contributed by atoms with Gasteiger partial charge in [0.25, 0.3) is 0 Å². The van der Waals surface area contributed by atoms with Crippen LogP contribution in [0.4, 0.5) is 17.6 Å². The molecule has 29 heavy (non-hydrogen) atoms. The Kier molecular flexibility index (Phi) is 7.16. The zero-order valence-corrected chi connectivity index (χ0v) is 18.1. The van der Waals surface area contributed by atoms with Crippen molar-refractivity contribution in [2.24, 2.45) is 41.4 Å². The first-order valence-corrected chi connectivity index (χ1v) is 12.5. The topological polar surface area (TPSA) is 0 Å². The highest BCUT2D eigenvalue weighted by molar-refractivity contribution is 5.00. The predicted octanol–water partition coefficient (Wildman–Crippen LogP) is 7.80. The second-order valence-electron chi connectivity index (χ2n) is 11.0. The maximum absolute atomic E-state index is 15.2. The second kappa shape index (κ2) is 9.47. The molecule has 0 heterocycles. The Hall–Kier alpha value is -0.280. The Morgan fingerprint density at radius 2 is 0.793 bits per heavy atom. The third-order valence-electron chi connectivity index (χ3n) is 9.38. The molecule has 7 unspecified atom stereocenters. The lowest BCUT2D eigenvalue weighted by atomic mass is 9.61. The highest BCUT2D eigenvalue weighted by Gasteiger charge is 2.52. The van der Waals surface area contributed by atoms with E-state index in [0.717, 1.165) is 51.4 Å². The molecule has 0 radical (unpaired) electrons. The smallest absolute Gasteiger partial charge is 0.135 e. The van der Waals surface area contributed by atoms with Gasteiger partial charge in [0.2, 0.25) is 0 Å². The molecule has 0 N–H and O–H groups in total. The molecule has 4 heteroatoms. The molecule has 4 fully saturated rings. The quantitative estimate of drug-likeness (QED) is 0.412.